The first-order valence-corrected chi connectivity index (χ1v) is 6.29. The minimum atomic E-state index is -0.0965. The Morgan fingerprint density at radius 3 is 2.74 bits per heavy atom. The molecule has 1 heterocycles. The normalized spacial score (nSPS) is 13.8. The zero-order valence-corrected chi connectivity index (χ0v) is 11.1. The van der Waals surface area contributed by atoms with Crippen LogP contribution in [0.15, 0.2) is 30.6 Å². The molecule has 0 aliphatic heterocycles. The van der Waals surface area contributed by atoms with Gasteiger partial charge in [0.25, 0.3) is 5.82 Å². The molecule has 19 heavy (non-hydrogen) atoms. The van der Waals surface area contributed by atoms with Crippen molar-refractivity contribution in [3.8, 4) is 6.07 Å². The van der Waals surface area contributed by atoms with Crippen molar-refractivity contribution in [1.29, 1.82) is 5.26 Å². The van der Waals surface area contributed by atoms with E-state index in [-0.39, 0.29) is 17.9 Å². The average molecular weight is 255 g/mol. The summed E-state index contributed by atoms with van der Waals surface area (Å²) < 4.78 is 1.69. The topological polar surface area (TPSA) is 80.5 Å². The van der Waals surface area contributed by atoms with Crippen molar-refractivity contribution in [3.05, 3.63) is 47.5 Å². The number of hydrogen-bond donors (Lipinski definition) is 1. The van der Waals surface area contributed by atoms with Gasteiger partial charge in [-0.15, -0.1) is 5.10 Å². The summed E-state index contributed by atoms with van der Waals surface area (Å²) in [5, 5.41) is 13.0. The third-order valence-electron chi connectivity index (χ3n) is 3.28. The van der Waals surface area contributed by atoms with Gasteiger partial charge in [-0.3, -0.25) is 0 Å². The van der Waals surface area contributed by atoms with E-state index in [4.69, 9.17) is 11.0 Å². The zero-order valence-electron chi connectivity index (χ0n) is 11.1. The van der Waals surface area contributed by atoms with Crippen molar-refractivity contribution < 1.29 is 0 Å². The Balaban J connectivity index is 2.48. The highest BCUT2D eigenvalue weighted by molar-refractivity contribution is 5.30. The molecule has 2 unspecified atom stereocenters. The van der Waals surface area contributed by atoms with Crippen molar-refractivity contribution in [2.45, 2.75) is 32.4 Å². The van der Waals surface area contributed by atoms with Gasteiger partial charge >= 0.3 is 0 Å². The molecule has 0 aliphatic rings. The molecule has 1 aromatic carbocycles. The van der Waals surface area contributed by atoms with Gasteiger partial charge in [0.1, 0.15) is 12.4 Å². The van der Waals surface area contributed by atoms with E-state index < -0.39 is 0 Å². The molecule has 0 fully saturated rings. The van der Waals surface area contributed by atoms with Crippen LogP contribution in [0.1, 0.15) is 36.3 Å². The summed E-state index contributed by atoms with van der Waals surface area (Å²) in [5.74, 6) is 0.168. The molecule has 5 nitrogen and oxygen atoms in total. The number of nitriles is 1. The van der Waals surface area contributed by atoms with E-state index in [1.807, 2.05) is 44.2 Å². The van der Waals surface area contributed by atoms with Crippen LogP contribution in [0, 0.1) is 18.3 Å². The third kappa shape index (κ3) is 2.64. The van der Waals surface area contributed by atoms with Crippen LogP contribution in [0.2, 0.25) is 0 Å². The number of benzene rings is 1. The van der Waals surface area contributed by atoms with Crippen LogP contribution in [-0.2, 0) is 0 Å². The molecule has 2 atom stereocenters. The summed E-state index contributed by atoms with van der Waals surface area (Å²) in [5.41, 5.74) is 8.50. The summed E-state index contributed by atoms with van der Waals surface area (Å²) in [4.78, 5) is 3.96. The Bertz CT molecular complexity index is 596. The summed E-state index contributed by atoms with van der Waals surface area (Å²) in [6.45, 7) is 4.09. The second-order valence-electron chi connectivity index (χ2n) is 4.53. The SMILES string of the molecule is CCC(N)C(c1ccccc1C)n1cnc(C#N)n1. The molecule has 0 aliphatic carbocycles. The van der Waals surface area contributed by atoms with Crippen molar-refractivity contribution >= 4 is 0 Å². The number of aryl methyl sites for hydroxylation is 1. The summed E-state index contributed by atoms with van der Waals surface area (Å²) in [6.07, 6.45) is 2.39. The number of nitrogens with two attached hydrogens (primary N) is 1. The monoisotopic (exact) mass is 255 g/mol. The molecule has 0 amide bonds. The standard InChI is InChI=1S/C14H17N5/c1-3-12(16)14(11-7-5-4-6-10(11)2)19-9-17-13(8-15)18-19/h4-7,9,12,14H,3,16H2,1-2H3. The second kappa shape index (κ2) is 5.63. The highest BCUT2D eigenvalue weighted by Crippen LogP contribution is 2.24. The zero-order chi connectivity index (χ0) is 13.8. The summed E-state index contributed by atoms with van der Waals surface area (Å²) in [7, 11) is 0. The van der Waals surface area contributed by atoms with Crippen molar-refractivity contribution in [3.63, 3.8) is 0 Å². The fraction of sp³-hybridized carbons (Fsp3) is 0.357. The van der Waals surface area contributed by atoms with Gasteiger partial charge in [-0.2, -0.15) is 5.26 Å². The van der Waals surface area contributed by atoms with Gasteiger partial charge in [-0.25, -0.2) is 9.67 Å². The third-order valence-corrected chi connectivity index (χ3v) is 3.28. The summed E-state index contributed by atoms with van der Waals surface area (Å²) in [6, 6.07) is 9.84. The molecule has 2 rings (SSSR count). The maximum Gasteiger partial charge on any atom is 0.252 e. The average Bonchev–Trinajstić information content (AvgIpc) is 2.89. The molecular weight excluding hydrogens is 238 g/mol. The molecule has 0 radical (unpaired) electrons. The fourth-order valence-corrected chi connectivity index (χ4v) is 2.17. The summed E-state index contributed by atoms with van der Waals surface area (Å²) >= 11 is 0. The smallest absolute Gasteiger partial charge is 0.252 e. The van der Waals surface area contributed by atoms with Gasteiger partial charge in [-0.1, -0.05) is 31.2 Å². The van der Waals surface area contributed by atoms with Crippen LogP contribution in [0.4, 0.5) is 0 Å². The van der Waals surface area contributed by atoms with Crippen LogP contribution < -0.4 is 5.73 Å². The lowest BCUT2D eigenvalue weighted by Gasteiger charge is -2.24. The lowest BCUT2D eigenvalue weighted by molar-refractivity contribution is 0.421. The van der Waals surface area contributed by atoms with E-state index in [0.29, 0.717) is 0 Å². The maximum absolute atomic E-state index is 8.83. The molecule has 0 saturated heterocycles. The molecule has 2 N–H and O–H groups in total. The highest BCUT2D eigenvalue weighted by atomic mass is 15.4. The van der Waals surface area contributed by atoms with E-state index >= 15 is 0 Å². The molecule has 0 saturated carbocycles. The predicted molar refractivity (Wildman–Crippen MR) is 72.3 cm³/mol. The molecule has 98 valence electrons. The van der Waals surface area contributed by atoms with Gasteiger partial charge in [-0.05, 0) is 24.5 Å². The van der Waals surface area contributed by atoms with Crippen LogP contribution >= 0.6 is 0 Å². The Morgan fingerprint density at radius 2 is 2.16 bits per heavy atom. The number of rotatable bonds is 4. The van der Waals surface area contributed by atoms with Crippen LogP contribution in [0.25, 0.3) is 0 Å². The Kier molecular flexibility index (Phi) is 3.93. The number of hydrogen-bond acceptors (Lipinski definition) is 4. The Hall–Kier alpha value is -2.19. The molecule has 1 aromatic heterocycles. The molecule has 0 spiro atoms. The van der Waals surface area contributed by atoms with Gasteiger partial charge in [0, 0.05) is 6.04 Å². The van der Waals surface area contributed by atoms with E-state index in [1.54, 1.807) is 11.0 Å². The van der Waals surface area contributed by atoms with Gasteiger partial charge < -0.3 is 5.73 Å². The molecule has 5 heteroatoms. The van der Waals surface area contributed by atoms with Crippen molar-refractivity contribution in [2.75, 3.05) is 0 Å². The predicted octanol–water partition coefficient (Wildman–Crippen LogP) is 1.78. The first-order chi connectivity index (χ1) is 9.17. The lowest BCUT2D eigenvalue weighted by atomic mass is 9.94. The van der Waals surface area contributed by atoms with E-state index in [1.165, 1.54) is 0 Å². The minimum absolute atomic E-state index is 0.0747. The van der Waals surface area contributed by atoms with Crippen LogP contribution in [0.3, 0.4) is 0 Å². The highest BCUT2D eigenvalue weighted by Gasteiger charge is 2.23. The van der Waals surface area contributed by atoms with E-state index in [9.17, 15) is 0 Å². The minimum Gasteiger partial charge on any atom is -0.326 e. The molecular formula is C14H17N5. The Morgan fingerprint density at radius 1 is 1.42 bits per heavy atom. The largest absolute Gasteiger partial charge is 0.326 e. The molecule has 0 bridgehead atoms. The van der Waals surface area contributed by atoms with Gasteiger partial charge in [0.2, 0.25) is 0 Å². The lowest BCUT2D eigenvalue weighted by Crippen LogP contribution is -2.33. The number of nitrogens with zero attached hydrogens (tertiary/aromatic N) is 4. The van der Waals surface area contributed by atoms with Gasteiger partial charge in [0.15, 0.2) is 0 Å². The van der Waals surface area contributed by atoms with Crippen molar-refractivity contribution in [2.24, 2.45) is 5.73 Å². The maximum atomic E-state index is 8.83. The van der Waals surface area contributed by atoms with Crippen LogP contribution in [0.5, 0.6) is 0 Å². The fourth-order valence-electron chi connectivity index (χ4n) is 2.17. The number of aromatic nitrogens is 3. The van der Waals surface area contributed by atoms with E-state index in [0.717, 1.165) is 17.5 Å². The quantitative estimate of drug-likeness (QED) is 0.903. The first kappa shape index (κ1) is 13.2. The second-order valence-corrected chi connectivity index (χ2v) is 4.53. The van der Waals surface area contributed by atoms with Crippen molar-refractivity contribution in [1.82, 2.24) is 14.8 Å². The first-order valence-electron chi connectivity index (χ1n) is 6.29. The van der Waals surface area contributed by atoms with Gasteiger partial charge in [0.05, 0.1) is 6.04 Å². The molecule has 2 aromatic rings. The van der Waals surface area contributed by atoms with Crippen LogP contribution in [-0.4, -0.2) is 20.8 Å². The Labute approximate surface area is 112 Å². The van der Waals surface area contributed by atoms with E-state index in [2.05, 4.69) is 10.1 Å².